The highest BCUT2D eigenvalue weighted by Crippen LogP contribution is 2.39. The summed E-state index contributed by atoms with van der Waals surface area (Å²) in [5, 5.41) is 3.03. The van der Waals surface area contributed by atoms with Crippen LogP contribution in [0.3, 0.4) is 0 Å². The molecule has 1 unspecified atom stereocenters. The van der Waals surface area contributed by atoms with Crippen molar-refractivity contribution in [2.75, 3.05) is 26.8 Å². The maximum absolute atomic E-state index is 13.7. The van der Waals surface area contributed by atoms with E-state index in [2.05, 4.69) is 5.32 Å². The average molecular weight is 478 g/mol. The molecule has 2 heterocycles. The molecule has 3 amide bonds. The Morgan fingerprint density at radius 3 is 2.34 bits per heavy atom. The molecule has 0 radical (unpaired) electrons. The van der Waals surface area contributed by atoms with Crippen LogP contribution >= 0.6 is 0 Å². The van der Waals surface area contributed by atoms with Gasteiger partial charge >= 0.3 is 0 Å². The second kappa shape index (κ2) is 9.70. The molecule has 184 valence electrons. The summed E-state index contributed by atoms with van der Waals surface area (Å²) >= 11 is 0. The van der Waals surface area contributed by atoms with Crippen molar-refractivity contribution < 1.29 is 23.9 Å². The summed E-state index contributed by atoms with van der Waals surface area (Å²) in [6.45, 7) is 1.09. The Kier molecular flexibility index (Phi) is 6.47. The average Bonchev–Trinajstić information content (AvgIpc) is 3.63. The maximum atomic E-state index is 13.7. The first kappa shape index (κ1) is 23.4. The molecule has 1 aliphatic carbocycles. The molecule has 2 aromatic rings. The third-order valence-electron chi connectivity index (χ3n) is 7.14. The number of amides is 3. The van der Waals surface area contributed by atoms with Crippen LogP contribution in [-0.2, 0) is 20.7 Å². The van der Waals surface area contributed by atoms with Crippen LogP contribution in [0.1, 0.15) is 41.6 Å². The van der Waals surface area contributed by atoms with Gasteiger partial charge in [-0.25, -0.2) is 0 Å². The lowest BCUT2D eigenvalue weighted by Crippen LogP contribution is -2.60. The number of carbonyl (C=O) groups is 3. The van der Waals surface area contributed by atoms with E-state index >= 15 is 0 Å². The summed E-state index contributed by atoms with van der Waals surface area (Å²) in [4.78, 5) is 43.2. The van der Waals surface area contributed by atoms with Crippen LogP contribution in [0, 0.1) is 0 Å². The molecule has 1 atom stereocenters. The number of carbonyl (C=O) groups excluding carboxylic acids is 3. The Morgan fingerprint density at radius 2 is 1.71 bits per heavy atom. The Balaban J connectivity index is 1.33. The Labute approximate surface area is 205 Å². The lowest BCUT2D eigenvalue weighted by molar-refractivity contribution is -0.143. The molecule has 1 saturated carbocycles. The highest BCUT2D eigenvalue weighted by molar-refractivity contribution is 5.98. The van der Waals surface area contributed by atoms with Crippen LogP contribution in [-0.4, -0.2) is 72.1 Å². The van der Waals surface area contributed by atoms with Crippen molar-refractivity contribution in [3.8, 4) is 5.75 Å². The summed E-state index contributed by atoms with van der Waals surface area (Å²) in [6, 6.07) is 16.1. The molecule has 0 bridgehead atoms. The van der Waals surface area contributed by atoms with Gasteiger partial charge in [0, 0.05) is 37.5 Å². The first-order valence-electron chi connectivity index (χ1n) is 12.2. The van der Waals surface area contributed by atoms with E-state index in [4.69, 9.17) is 9.47 Å². The lowest BCUT2D eigenvalue weighted by Gasteiger charge is -2.44. The Bertz CT molecular complexity index is 1080. The summed E-state index contributed by atoms with van der Waals surface area (Å²) < 4.78 is 11.5. The summed E-state index contributed by atoms with van der Waals surface area (Å²) in [5.74, 6) is 0.293. The fraction of sp³-hybridized carbons (Fsp3) is 0.444. The van der Waals surface area contributed by atoms with Crippen LogP contribution in [0.25, 0.3) is 0 Å². The molecule has 35 heavy (non-hydrogen) atoms. The van der Waals surface area contributed by atoms with Gasteiger partial charge in [-0.15, -0.1) is 0 Å². The second-order valence-corrected chi connectivity index (χ2v) is 9.50. The maximum Gasteiger partial charge on any atom is 0.256 e. The first-order chi connectivity index (χ1) is 17.0. The fourth-order valence-corrected chi connectivity index (χ4v) is 4.95. The second-order valence-electron chi connectivity index (χ2n) is 9.50. The zero-order valence-electron chi connectivity index (χ0n) is 19.9. The van der Waals surface area contributed by atoms with Gasteiger partial charge in [-0.1, -0.05) is 30.3 Å². The topological polar surface area (TPSA) is 88.2 Å². The van der Waals surface area contributed by atoms with Gasteiger partial charge in [-0.05, 0) is 42.7 Å². The molecule has 8 heteroatoms. The number of benzene rings is 2. The van der Waals surface area contributed by atoms with Gasteiger partial charge in [-0.2, -0.15) is 0 Å². The zero-order chi connectivity index (χ0) is 24.4. The van der Waals surface area contributed by atoms with Crippen LogP contribution in [0.4, 0.5) is 0 Å². The number of piperidine rings is 1. The van der Waals surface area contributed by atoms with Gasteiger partial charge in [0.05, 0.1) is 20.1 Å². The monoisotopic (exact) mass is 477 g/mol. The van der Waals surface area contributed by atoms with Crippen LogP contribution in [0.2, 0.25) is 0 Å². The molecule has 1 spiro atoms. The van der Waals surface area contributed by atoms with Crippen molar-refractivity contribution in [1.82, 2.24) is 15.1 Å². The number of nitrogens with zero attached hydrogens (tertiary/aromatic N) is 2. The number of rotatable bonds is 6. The van der Waals surface area contributed by atoms with Crippen molar-refractivity contribution in [3.05, 3.63) is 65.7 Å². The fourth-order valence-electron chi connectivity index (χ4n) is 4.95. The molecule has 2 saturated heterocycles. The number of methoxy groups -OCH3 is 1. The predicted molar refractivity (Wildman–Crippen MR) is 129 cm³/mol. The van der Waals surface area contributed by atoms with Crippen LogP contribution in [0.5, 0.6) is 5.75 Å². The Hall–Kier alpha value is -3.39. The summed E-state index contributed by atoms with van der Waals surface area (Å²) in [7, 11) is 1.57. The van der Waals surface area contributed by atoms with Gasteiger partial charge in [0.25, 0.3) is 5.91 Å². The molecule has 3 aliphatic rings. The van der Waals surface area contributed by atoms with E-state index in [0.717, 1.165) is 18.4 Å². The van der Waals surface area contributed by atoms with Crippen molar-refractivity contribution in [1.29, 1.82) is 0 Å². The number of nitrogens with one attached hydrogen (secondary N) is 1. The molecule has 5 rings (SSSR count). The number of hydrogen-bond acceptors (Lipinski definition) is 5. The molecule has 1 N–H and O–H groups in total. The largest absolute Gasteiger partial charge is 0.497 e. The molecule has 8 nitrogen and oxygen atoms in total. The molecule has 2 aromatic carbocycles. The normalized spacial score (nSPS) is 21.1. The van der Waals surface area contributed by atoms with Crippen molar-refractivity contribution in [3.63, 3.8) is 0 Å². The minimum absolute atomic E-state index is 0.0557. The highest BCUT2D eigenvalue weighted by Gasteiger charge is 2.54. The Morgan fingerprint density at radius 1 is 1.03 bits per heavy atom. The molecular formula is C27H31N3O5. The van der Waals surface area contributed by atoms with Gasteiger partial charge in [0.2, 0.25) is 11.8 Å². The zero-order valence-corrected chi connectivity index (χ0v) is 19.9. The van der Waals surface area contributed by atoms with E-state index in [9.17, 15) is 14.4 Å². The molecule has 3 fully saturated rings. The summed E-state index contributed by atoms with van der Waals surface area (Å²) in [5.41, 5.74) is 0.539. The van der Waals surface area contributed by atoms with Gasteiger partial charge in [-0.3, -0.25) is 19.3 Å². The molecule has 0 aromatic heterocycles. The van der Waals surface area contributed by atoms with E-state index in [1.54, 1.807) is 36.3 Å². The predicted octanol–water partition coefficient (Wildman–Crippen LogP) is 2.38. The molecule has 2 aliphatic heterocycles. The van der Waals surface area contributed by atoms with Crippen molar-refractivity contribution >= 4 is 17.7 Å². The van der Waals surface area contributed by atoms with Crippen molar-refractivity contribution in [2.24, 2.45) is 0 Å². The quantitative estimate of drug-likeness (QED) is 0.690. The van der Waals surface area contributed by atoms with E-state index in [-0.39, 0.29) is 30.4 Å². The number of ether oxygens (including phenoxy) is 2. The van der Waals surface area contributed by atoms with E-state index < -0.39 is 11.8 Å². The third kappa shape index (κ3) is 4.89. The lowest BCUT2D eigenvalue weighted by atomic mass is 9.96. The number of likely N-dealkylation sites (tertiary alicyclic amines) is 1. The third-order valence-corrected chi connectivity index (χ3v) is 7.14. The van der Waals surface area contributed by atoms with Crippen molar-refractivity contribution in [2.45, 2.75) is 49.9 Å². The van der Waals surface area contributed by atoms with Gasteiger partial charge in [0.1, 0.15) is 17.5 Å². The minimum atomic E-state index is -0.911. The van der Waals surface area contributed by atoms with Gasteiger partial charge < -0.3 is 19.7 Å². The smallest absolute Gasteiger partial charge is 0.256 e. The first-order valence-corrected chi connectivity index (χ1v) is 12.2. The summed E-state index contributed by atoms with van der Waals surface area (Å²) in [6.07, 6.45) is 3.20. The molecular weight excluding hydrogens is 446 g/mol. The van der Waals surface area contributed by atoms with E-state index in [1.165, 1.54) is 0 Å². The number of hydrogen-bond donors (Lipinski definition) is 1. The van der Waals surface area contributed by atoms with Crippen LogP contribution in [0.15, 0.2) is 54.6 Å². The highest BCUT2D eigenvalue weighted by atomic mass is 16.5. The minimum Gasteiger partial charge on any atom is -0.497 e. The standard InChI is InChI=1S/C27H31N3O5/c1-34-22-11-7-20(8-12-22)26(33)30-23(25(32)28-21-9-10-21)18-35-27(30)13-15-29(16-14-27)24(31)17-19-5-3-2-4-6-19/h2-8,11-12,21,23H,9-10,13-18H2,1H3,(H,28,32). The van der Waals surface area contributed by atoms with E-state index in [1.807, 2.05) is 35.2 Å². The van der Waals surface area contributed by atoms with Gasteiger partial charge in [0.15, 0.2) is 0 Å². The van der Waals surface area contributed by atoms with E-state index in [0.29, 0.717) is 43.7 Å². The SMILES string of the molecule is COc1ccc(C(=O)N2C(C(=O)NC3CC3)COC23CCN(C(=O)Cc2ccccc2)CC3)cc1. The van der Waals surface area contributed by atoms with Crippen LogP contribution < -0.4 is 10.1 Å².